The molecular formula is C26H30O4. The minimum Gasteiger partial charge on any atom is -0.427 e. The first-order valence-corrected chi connectivity index (χ1v) is 10.9. The lowest BCUT2D eigenvalue weighted by Gasteiger charge is -2.18. The van der Waals surface area contributed by atoms with E-state index in [4.69, 9.17) is 9.47 Å². The van der Waals surface area contributed by atoms with Gasteiger partial charge in [0.05, 0.1) is 0 Å². The van der Waals surface area contributed by atoms with Crippen LogP contribution >= 0.6 is 0 Å². The van der Waals surface area contributed by atoms with Crippen LogP contribution in [0, 0.1) is 0 Å². The van der Waals surface area contributed by atoms with Crippen molar-refractivity contribution in [2.45, 2.75) is 65.2 Å². The summed E-state index contributed by atoms with van der Waals surface area (Å²) in [6, 6.07) is 13.6. The van der Waals surface area contributed by atoms with Gasteiger partial charge in [0, 0.05) is 12.8 Å². The lowest BCUT2D eigenvalue weighted by Crippen LogP contribution is -2.08. The number of ether oxygens (including phenoxy) is 2. The fourth-order valence-corrected chi connectivity index (χ4v) is 3.53. The highest BCUT2D eigenvalue weighted by Gasteiger charge is 2.15. The Morgan fingerprint density at radius 1 is 0.833 bits per heavy atom. The maximum atomic E-state index is 11.9. The molecule has 0 bridgehead atoms. The SMILES string of the molecule is CCCCC(=O)Oc1cccc(C2=Cc3ccc(OC(=O)CCCC)cc3CC2)c1. The first-order valence-electron chi connectivity index (χ1n) is 10.9. The molecule has 158 valence electrons. The number of unbranched alkanes of at least 4 members (excludes halogenated alkanes) is 2. The molecule has 0 N–H and O–H groups in total. The summed E-state index contributed by atoms with van der Waals surface area (Å²) in [5.41, 5.74) is 4.59. The van der Waals surface area contributed by atoms with E-state index in [-0.39, 0.29) is 11.9 Å². The van der Waals surface area contributed by atoms with E-state index < -0.39 is 0 Å². The monoisotopic (exact) mass is 406 g/mol. The van der Waals surface area contributed by atoms with E-state index in [0.29, 0.717) is 24.3 Å². The summed E-state index contributed by atoms with van der Waals surface area (Å²) in [6.45, 7) is 4.11. The molecule has 1 aliphatic carbocycles. The molecule has 30 heavy (non-hydrogen) atoms. The Hall–Kier alpha value is -2.88. The summed E-state index contributed by atoms with van der Waals surface area (Å²) in [4.78, 5) is 23.8. The molecule has 0 fully saturated rings. The van der Waals surface area contributed by atoms with Crippen LogP contribution in [0.4, 0.5) is 0 Å². The van der Waals surface area contributed by atoms with Crippen molar-refractivity contribution in [1.29, 1.82) is 0 Å². The standard InChI is InChI=1S/C26H30O4/c1-3-5-10-25(27)29-23-9-7-8-19(17-23)20-12-13-22-18-24(15-14-21(22)16-20)30-26(28)11-6-4-2/h7-9,14-18H,3-6,10-13H2,1-2H3. The first kappa shape index (κ1) is 21.8. The van der Waals surface area contributed by atoms with Crippen LogP contribution in [0.3, 0.4) is 0 Å². The molecule has 0 radical (unpaired) electrons. The Morgan fingerprint density at radius 2 is 1.50 bits per heavy atom. The van der Waals surface area contributed by atoms with Crippen LogP contribution in [0.15, 0.2) is 42.5 Å². The Labute approximate surface area is 178 Å². The second-order valence-corrected chi connectivity index (χ2v) is 7.71. The molecule has 0 aromatic heterocycles. The van der Waals surface area contributed by atoms with Gasteiger partial charge in [-0.25, -0.2) is 0 Å². The molecule has 0 heterocycles. The smallest absolute Gasteiger partial charge is 0.311 e. The Morgan fingerprint density at radius 3 is 2.17 bits per heavy atom. The van der Waals surface area contributed by atoms with Gasteiger partial charge in [-0.3, -0.25) is 9.59 Å². The van der Waals surface area contributed by atoms with Gasteiger partial charge in [-0.15, -0.1) is 0 Å². The maximum Gasteiger partial charge on any atom is 0.311 e. The number of hydrogen-bond donors (Lipinski definition) is 0. The minimum atomic E-state index is -0.182. The average molecular weight is 407 g/mol. The van der Waals surface area contributed by atoms with E-state index >= 15 is 0 Å². The summed E-state index contributed by atoms with van der Waals surface area (Å²) in [7, 11) is 0. The van der Waals surface area contributed by atoms with E-state index in [2.05, 4.69) is 19.9 Å². The van der Waals surface area contributed by atoms with Crippen molar-refractivity contribution < 1.29 is 19.1 Å². The van der Waals surface area contributed by atoms with Gasteiger partial charge in [0.2, 0.25) is 0 Å². The topological polar surface area (TPSA) is 52.6 Å². The minimum absolute atomic E-state index is 0.172. The maximum absolute atomic E-state index is 11.9. The molecule has 0 spiro atoms. The van der Waals surface area contributed by atoms with Gasteiger partial charge in [-0.1, -0.05) is 51.0 Å². The van der Waals surface area contributed by atoms with Crippen molar-refractivity contribution in [3.8, 4) is 11.5 Å². The molecular weight excluding hydrogens is 376 g/mol. The van der Waals surface area contributed by atoms with Gasteiger partial charge >= 0.3 is 11.9 Å². The summed E-state index contributed by atoms with van der Waals surface area (Å²) >= 11 is 0. The third-order valence-electron chi connectivity index (χ3n) is 5.24. The van der Waals surface area contributed by atoms with Gasteiger partial charge in [0.15, 0.2) is 0 Å². The lowest BCUT2D eigenvalue weighted by atomic mass is 9.88. The zero-order valence-corrected chi connectivity index (χ0v) is 17.9. The predicted octanol–water partition coefficient (Wildman–Crippen LogP) is 6.36. The average Bonchev–Trinajstić information content (AvgIpc) is 2.76. The van der Waals surface area contributed by atoms with Crippen molar-refractivity contribution in [2.75, 3.05) is 0 Å². The summed E-state index contributed by atoms with van der Waals surface area (Å²) in [5.74, 6) is 0.856. The number of esters is 2. The quantitative estimate of drug-likeness (QED) is 0.359. The van der Waals surface area contributed by atoms with Crippen molar-refractivity contribution >= 4 is 23.6 Å². The van der Waals surface area contributed by atoms with E-state index in [1.165, 1.54) is 11.1 Å². The molecule has 0 unspecified atom stereocenters. The van der Waals surface area contributed by atoms with Crippen LogP contribution in [0.25, 0.3) is 11.6 Å². The molecule has 0 saturated carbocycles. The highest BCUT2D eigenvalue weighted by Crippen LogP contribution is 2.33. The number of aryl methyl sites for hydroxylation is 1. The molecule has 4 nitrogen and oxygen atoms in total. The van der Waals surface area contributed by atoms with Gasteiger partial charge in [-0.05, 0) is 72.2 Å². The van der Waals surface area contributed by atoms with Gasteiger partial charge in [0.1, 0.15) is 11.5 Å². The molecule has 3 rings (SSSR count). The summed E-state index contributed by atoms with van der Waals surface area (Å²) in [6.07, 6.45) is 8.47. The van der Waals surface area contributed by atoms with Crippen LogP contribution in [0.5, 0.6) is 11.5 Å². The second kappa shape index (κ2) is 10.8. The highest BCUT2D eigenvalue weighted by atomic mass is 16.5. The van der Waals surface area contributed by atoms with E-state index in [9.17, 15) is 9.59 Å². The van der Waals surface area contributed by atoms with E-state index in [0.717, 1.165) is 49.7 Å². The van der Waals surface area contributed by atoms with Crippen LogP contribution < -0.4 is 9.47 Å². The van der Waals surface area contributed by atoms with Gasteiger partial charge in [0.25, 0.3) is 0 Å². The van der Waals surface area contributed by atoms with Crippen LogP contribution in [0.1, 0.15) is 75.5 Å². The molecule has 0 atom stereocenters. The summed E-state index contributed by atoms with van der Waals surface area (Å²) in [5, 5.41) is 0. The number of carbonyl (C=O) groups is 2. The molecule has 1 aliphatic rings. The number of allylic oxidation sites excluding steroid dienone is 1. The van der Waals surface area contributed by atoms with E-state index in [1.54, 1.807) is 0 Å². The zero-order valence-electron chi connectivity index (χ0n) is 17.9. The number of benzene rings is 2. The third-order valence-corrected chi connectivity index (χ3v) is 5.24. The third kappa shape index (κ3) is 6.06. The number of rotatable bonds is 9. The number of fused-ring (bicyclic) bond motifs is 1. The first-order chi connectivity index (χ1) is 14.6. The number of hydrogen-bond acceptors (Lipinski definition) is 4. The molecule has 2 aromatic carbocycles. The van der Waals surface area contributed by atoms with Gasteiger partial charge < -0.3 is 9.47 Å². The van der Waals surface area contributed by atoms with Gasteiger partial charge in [-0.2, -0.15) is 0 Å². The Kier molecular flexibility index (Phi) is 7.83. The van der Waals surface area contributed by atoms with E-state index in [1.807, 2.05) is 42.5 Å². The zero-order chi connectivity index (χ0) is 21.3. The normalized spacial score (nSPS) is 12.7. The Bertz CT molecular complexity index is 926. The van der Waals surface area contributed by atoms with Crippen molar-refractivity contribution in [2.24, 2.45) is 0 Å². The summed E-state index contributed by atoms with van der Waals surface area (Å²) < 4.78 is 10.9. The van der Waals surface area contributed by atoms with Crippen LogP contribution in [-0.4, -0.2) is 11.9 Å². The molecule has 0 saturated heterocycles. The molecule has 0 amide bonds. The predicted molar refractivity (Wildman–Crippen MR) is 119 cm³/mol. The fraction of sp³-hybridized carbons (Fsp3) is 0.385. The number of carbonyl (C=O) groups excluding carboxylic acids is 2. The molecule has 0 aliphatic heterocycles. The fourth-order valence-electron chi connectivity index (χ4n) is 3.53. The largest absolute Gasteiger partial charge is 0.427 e. The van der Waals surface area contributed by atoms with Crippen molar-refractivity contribution in [1.82, 2.24) is 0 Å². The highest BCUT2D eigenvalue weighted by molar-refractivity contribution is 5.85. The molecule has 4 heteroatoms. The Balaban J connectivity index is 1.70. The van der Waals surface area contributed by atoms with Crippen LogP contribution in [0.2, 0.25) is 0 Å². The molecule has 2 aromatic rings. The van der Waals surface area contributed by atoms with Crippen molar-refractivity contribution in [3.05, 3.63) is 59.2 Å². The van der Waals surface area contributed by atoms with Crippen molar-refractivity contribution in [3.63, 3.8) is 0 Å². The van der Waals surface area contributed by atoms with Crippen LogP contribution in [-0.2, 0) is 16.0 Å². The second-order valence-electron chi connectivity index (χ2n) is 7.71. The lowest BCUT2D eigenvalue weighted by molar-refractivity contribution is -0.135.